The minimum absolute atomic E-state index is 0.0881. The highest BCUT2D eigenvalue weighted by Crippen LogP contribution is 2.22. The molecule has 0 saturated carbocycles. The summed E-state index contributed by atoms with van der Waals surface area (Å²) in [4.78, 5) is 16.9. The number of hydrogen-bond acceptors (Lipinski definition) is 4. The number of carbonyl (C=O) groups excluding carboxylic acids is 1. The molecule has 0 aliphatic heterocycles. The lowest BCUT2D eigenvalue weighted by Gasteiger charge is -2.10. The molecule has 0 radical (unpaired) electrons. The summed E-state index contributed by atoms with van der Waals surface area (Å²) < 4.78 is 5.17. The van der Waals surface area contributed by atoms with Crippen LogP contribution in [0, 0.1) is 0 Å². The third-order valence-electron chi connectivity index (χ3n) is 4.87. The maximum atomic E-state index is 12.5. The standard InChI is InChI=1S/C25H23N3O2/c1-30-23-10-7-18(8-11-23)13-15-27-25(29)20-4-2-6-21(17-20)28-22-9-12-24-19(16-22)5-3-14-26-24/h2-12,14,16-17,28H,13,15H2,1H3,(H,27,29). The normalized spacial score (nSPS) is 10.6. The van der Waals surface area contributed by atoms with Gasteiger partial charge in [-0.3, -0.25) is 9.78 Å². The SMILES string of the molecule is COc1ccc(CCNC(=O)c2cccc(Nc3ccc4ncccc4c3)c2)cc1. The van der Waals surface area contributed by atoms with Crippen LogP contribution in [-0.4, -0.2) is 24.5 Å². The first kappa shape index (κ1) is 19.5. The molecule has 4 aromatic rings. The van der Waals surface area contributed by atoms with Gasteiger partial charge in [0.25, 0.3) is 5.91 Å². The summed E-state index contributed by atoms with van der Waals surface area (Å²) in [5, 5.41) is 7.41. The molecule has 3 aromatic carbocycles. The van der Waals surface area contributed by atoms with E-state index in [1.165, 1.54) is 0 Å². The van der Waals surface area contributed by atoms with E-state index in [1.54, 1.807) is 13.3 Å². The smallest absolute Gasteiger partial charge is 0.251 e. The van der Waals surface area contributed by atoms with E-state index in [2.05, 4.69) is 15.6 Å². The van der Waals surface area contributed by atoms with Crippen molar-refractivity contribution in [3.05, 3.63) is 96.2 Å². The molecule has 1 heterocycles. The van der Waals surface area contributed by atoms with Gasteiger partial charge in [-0.2, -0.15) is 0 Å². The number of nitrogens with zero attached hydrogens (tertiary/aromatic N) is 1. The lowest BCUT2D eigenvalue weighted by molar-refractivity contribution is 0.0954. The van der Waals surface area contributed by atoms with E-state index in [0.717, 1.165) is 40.0 Å². The Morgan fingerprint density at radius 1 is 0.933 bits per heavy atom. The molecule has 0 bridgehead atoms. The summed E-state index contributed by atoms with van der Waals surface area (Å²) in [7, 11) is 1.65. The van der Waals surface area contributed by atoms with Gasteiger partial charge in [-0.25, -0.2) is 0 Å². The number of anilines is 2. The Kier molecular flexibility index (Phi) is 5.90. The topological polar surface area (TPSA) is 63.2 Å². The third-order valence-corrected chi connectivity index (χ3v) is 4.87. The number of fused-ring (bicyclic) bond motifs is 1. The van der Waals surface area contributed by atoms with Crippen LogP contribution in [0.1, 0.15) is 15.9 Å². The van der Waals surface area contributed by atoms with Crippen molar-refractivity contribution in [1.82, 2.24) is 10.3 Å². The van der Waals surface area contributed by atoms with Gasteiger partial charge in [0, 0.05) is 35.1 Å². The molecule has 5 heteroatoms. The monoisotopic (exact) mass is 397 g/mol. The summed E-state index contributed by atoms with van der Waals surface area (Å²) in [6.45, 7) is 0.570. The Morgan fingerprint density at radius 3 is 2.60 bits per heavy atom. The minimum atomic E-state index is -0.0881. The second kappa shape index (κ2) is 9.09. The van der Waals surface area contributed by atoms with E-state index in [0.29, 0.717) is 12.1 Å². The molecule has 150 valence electrons. The molecule has 0 spiro atoms. The van der Waals surface area contributed by atoms with Crippen molar-refractivity contribution in [1.29, 1.82) is 0 Å². The largest absolute Gasteiger partial charge is 0.497 e. The van der Waals surface area contributed by atoms with E-state index < -0.39 is 0 Å². The first-order valence-electron chi connectivity index (χ1n) is 9.84. The quantitative estimate of drug-likeness (QED) is 0.463. The number of carbonyl (C=O) groups is 1. The molecule has 30 heavy (non-hydrogen) atoms. The van der Waals surface area contributed by atoms with Gasteiger partial charge >= 0.3 is 0 Å². The van der Waals surface area contributed by atoms with Crippen molar-refractivity contribution in [3.63, 3.8) is 0 Å². The fraction of sp³-hybridized carbons (Fsp3) is 0.120. The molecule has 1 amide bonds. The van der Waals surface area contributed by atoms with Gasteiger partial charge in [0.15, 0.2) is 0 Å². The molecule has 0 aliphatic rings. The third kappa shape index (κ3) is 4.75. The molecular weight excluding hydrogens is 374 g/mol. The van der Waals surface area contributed by atoms with E-state index in [4.69, 9.17) is 4.74 Å². The van der Waals surface area contributed by atoms with Crippen LogP contribution in [0.3, 0.4) is 0 Å². The zero-order chi connectivity index (χ0) is 20.8. The predicted octanol–water partition coefficient (Wildman–Crippen LogP) is 4.96. The second-order valence-corrected chi connectivity index (χ2v) is 6.97. The van der Waals surface area contributed by atoms with Crippen molar-refractivity contribution in [2.75, 3.05) is 19.0 Å². The maximum absolute atomic E-state index is 12.5. The van der Waals surface area contributed by atoms with Gasteiger partial charge in [0.05, 0.1) is 12.6 Å². The Balaban J connectivity index is 1.37. The zero-order valence-corrected chi connectivity index (χ0v) is 16.8. The van der Waals surface area contributed by atoms with Crippen LogP contribution >= 0.6 is 0 Å². The van der Waals surface area contributed by atoms with Crippen LogP contribution in [-0.2, 0) is 6.42 Å². The van der Waals surface area contributed by atoms with Crippen LogP contribution in [0.5, 0.6) is 5.75 Å². The summed E-state index contributed by atoms with van der Waals surface area (Å²) in [5.41, 5.74) is 4.54. The van der Waals surface area contributed by atoms with Crippen LogP contribution in [0.2, 0.25) is 0 Å². The average Bonchev–Trinajstić information content (AvgIpc) is 2.79. The average molecular weight is 397 g/mol. The lowest BCUT2D eigenvalue weighted by atomic mass is 10.1. The molecule has 1 aromatic heterocycles. The predicted molar refractivity (Wildman–Crippen MR) is 120 cm³/mol. The van der Waals surface area contributed by atoms with Crippen LogP contribution < -0.4 is 15.4 Å². The number of ether oxygens (including phenoxy) is 1. The highest BCUT2D eigenvalue weighted by molar-refractivity contribution is 5.95. The molecule has 5 nitrogen and oxygen atoms in total. The molecule has 0 unspecified atom stereocenters. The number of methoxy groups -OCH3 is 1. The highest BCUT2D eigenvalue weighted by Gasteiger charge is 2.07. The van der Waals surface area contributed by atoms with E-state index in [9.17, 15) is 4.79 Å². The number of benzene rings is 3. The van der Waals surface area contributed by atoms with Crippen LogP contribution in [0.25, 0.3) is 10.9 Å². The van der Waals surface area contributed by atoms with Crippen molar-refractivity contribution in [2.24, 2.45) is 0 Å². The number of amides is 1. The van der Waals surface area contributed by atoms with Gasteiger partial charge in [-0.05, 0) is 66.6 Å². The molecular formula is C25H23N3O2. The number of pyridine rings is 1. The molecule has 0 fully saturated rings. The van der Waals surface area contributed by atoms with Crippen LogP contribution in [0.15, 0.2) is 85.1 Å². The van der Waals surface area contributed by atoms with E-state index >= 15 is 0 Å². The Hall–Kier alpha value is -3.86. The lowest BCUT2D eigenvalue weighted by Crippen LogP contribution is -2.25. The van der Waals surface area contributed by atoms with Gasteiger partial charge in [-0.15, -0.1) is 0 Å². The Labute approximate surface area is 175 Å². The van der Waals surface area contributed by atoms with E-state index in [-0.39, 0.29) is 5.91 Å². The van der Waals surface area contributed by atoms with Crippen molar-refractivity contribution in [2.45, 2.75) is 6.42 Å². The first-order chi connectivity index (χ1) is 14.7. The number of nitrogens with one attached hydrogen (secondary N) is 2. The van der Waals surface area contributed by atoms with Crippen molar-refractivity contribution in [3.8, 4) is 5.75 Å². The number of aromatic nitrogens is 1. The van der Waals surface area contributed by atoms with Gasteiger partial charge in [-0.1, -0.05) is 24.3 Å². The number of hydrogen-bond donors (Lipinski definition) is 2. The molecule has 4 rings (SSSR count). The number of rotatable bonds is 7. The summed E-state index contributed by atoms with van der Waals surface area (Å²) in [6, 6.07) is 25.3. The highest BCUT2D eigenvalue weighted by atomic mass is 16.5. The van der Waals surface area contributed by atoms with Crippen molar-refractivity contribution < 1.29 is 9.53 Å². The maximum Gasteiger partial charge on any atom is 0.251 e. The Bertz CT molecular complexity index is 1160. The minimum Gasteiger partial charge on any atom is -0.497 e. The van der Waals surface area contributed by atoms with Gasteiger partial charge in [0.2, 0.25) is 0 Å². The van der Waals surface area contributed by atoms with E-state index in [1.807, 2.05) is 78.9 Å². The summed E-state index contributed by atoms with van der Waals surface area (Å²) in [6.07, 6.45) is 2.55. The second-order valence-electron chi connectivity index (χ2n) is 6.97. The molecule has 0 saturated heterocycles. The summed E-state index contributed by atoms with van der Waals surface area (Å²) >= 11 is 0. The zero-order valence-electron chi connectivity index (χ0n) is 16.8. The van der Waals surface area contributed by atoms with Gasteiger partial charge in [0.1, 0.15) is 5.75 Å². The summed E-state index contributed by atoms with van der Waals surface area (Å²) in [5.74, 6) is 0.740. The molecule has 0 atom stereocenters. The van der Waals surface area contributed by atoms with Gasteiger partial charge < -0.3 is 15.4 Å². The first-order valence-corrected chi connectivity index (χ1v) is 9.84. The fourth-order valence-corrected chi connectivity index (χ4v) is 3.27. The molecule has 0 aliphatic carbocycles. The van der Waals surface area contributed by atoms with Crippen LogP contribution in [0.4, 0.5) is 11.4 Å². The Morgan fingerprint density at radius 2 is 1.77 bits per heavy atom. The fourth-order valence-electron chi connectivity index (χ4n) is 3.27. The van der Waals surface area contributed by atoms with Crippen molar-refractivity contribution >= 4 is 28.2 Å². The molecule has 2 N–H and O–H groups in total.